The van der Waals surface area contributed by atoms with E-state index in [1.54, 1.807) is 31.6 Å². The van der Waals surface area contributed by atoms with Gasteiger partial charge >= 0.3 is 0 Å². The third-order valence-electron chi connectivity index (χ3n) is 9.36. The predicted molar refractivity (Wildman–Crippen MR) is 195 cm³/mol. The molecule has 0 aliphatic carbocycles. The first-order valence-corrected chi connectivity index (χ1v) is 18.5. The molecule has 262 valence electrons. The van der Waals surface area contributed by atoms with Gasteiger partial charge in [0, 0.05) is 76.5 Å². The number of ether oxygens (including phenoxy) is 2. The Morgan fingerprint density at radius 2 is 1.69 bits per heavy atom. The Morgan fingerprint density at radius 1 is 0.959 bits per heavy atom. The SMILES string of the molecule is CCOc1cnc(Nc2cc(C)c(N3CCC(N4CCN(C)CC4)CC3)cc2OC)nc1Nc1ccc2nccnc2c1N(C)S(C)(=O)=O. The molecular formula is C34H46N10O4S. The molecule has 0 unspecified atom stereocenters. The van der Waals surface area contributed by atoms with Crippen molar-refractivity contribution in [3.63, 3.8) is 0 Å². The highest BCUT2D eigenvalue weighted by molar-refractivity contribution is 7.92. The van der Waals surface area contributed by atoms with E-state index in [9.17, 15) is 8.42 Å². The third-order valence-corrected chi connectivity index (χ3v) is 10.5. The van der Waals surface area contributed by atoms with Gasteiger partial charge in [0.25, 0.3) is 0 Å². The van der Waals surface area contributed by atoms with Crippen molar-refractivity contribution in [1.29, 1.82) is 0 Å². The van der Waals surface area contributed by atoms with Crippen molar-refractivity contribution in [2.75, 3.05) is 93.2 Å². The molecule has 0 saturated carbocycles. The van der Waals surface area contributed by atoms with Crippen LogP contribution in [0.2, 0.25) is 0 Å². The van der Waals surface area contributed by atoms with Gasteiger partial charge in [0.05, 0.1) is 43.1 Å². The van der Waals surface area contributed by atoms with Crippen LogP contribution in [0.5, 0.6) is 11.5 Å². The molecule has 2 aromatic carbocycles. The number of rotatable bonds is 11. The van der Waals surface area contributed by atoms with Gasteiger partial charge in [-0.15, -0.1) is 0 Å². The molecule has 4 heterocycles. The van der Waals surface area contributed by atoms with E-state index >= 15 is 0 Å². The zero-order chi connectivity index (χ0) is 34.7. The van der Waals surface area contributed by atoms with E-state index in [-0.39, 0.29) is 0 Å². The third kappa shape index (κ3) is 7.58. The molecule has 15 heteroatoms. The maximum atomic E-state index is 12.7. The Kier molecular flexibility index (Phi) is 10.2. The minimum Gasteiger partial charge on any atom is -0.494 e. The average Bonchev–Trinajstić information content (AvgIpc) is 3.09. The van der Waals surface area contributed by atoms with E-state index in [0.29, 0.717) is 58.3 Å². The molecule has 4 aromatic rings. The maximum Gasteiger partial charge on any atom is 0.232 e. The molecule has 0 radical (unpaired) electrons. The largest absolute Gasteiger partial charge is 0.494 e. The molecule has 0 spiro atoms. The molecule has 2 saturated heterocycles. The van der Waals surface area contributed by atoms with E-state index in [4.69, 9.17) is 14.5 Å². The second-order valence-electron chi connectivity index (χ2n) is 12.6. The lowest BCUT2D eigenvalue weighted by molar-refractivity contribution is 0.0982. The van der Waals surface area contributed by atoms with Crippen molar-refractivity contribution < 1.29 is 17.9 Å². The van der Waals surface area contributed by atoms with Crippen LogP contribution in [0, 0.1) is 6.92 Å². The fourth-order valence-corrected chi connectivity index (χ4v) is 7.10. The second kappa shape index (κ2) is 14.6. The second-order valence-corrected chi connectivity index (χ2v) is 14.6. The molecule has 14 nitrogen and oxygen atoms in total. The number of nitrogens with one attached hydrogen (secondary N) is 2. The molecule has 49 heavy (non-hydrogen) atoms. The van der Waals surface area contributed by atoms with Crippen LogP contribution in [-0.4, -0.2) is 118 Å². The summed E-state index contributed by atoms with van der Waals surface area (Å²) in [6.07, 6.45) is 8.11. The summed E-state index contributed by atoms with van der Waals surface area (Å²) >= 11 is 0. The predicted octanol–water partition coefficient (Wildman–Crippen LogP) is 4.23. The number of fused-ring (bicyclic) bond motifs is 1. The van der Waals surface area contributed by atoms with Gasteiger partial charge in [-0.25, -0.2) is 13.4 Å². The Labute approximate surface area is 288 Å². The molecular weight excluding hydrogens is 645 g/mol. The highest BCUT2D eigenvalue weighted by Gasteiger charge is 2.28. The standard InChI is InChI=1S/C34H46N10O4S/c1-7-48-30-22-37-34(40-33(30)38-26-9-8-25-31(36-13-12-35-25)32(26)42(4)49(6,45)46)39-27-20-23(2)28(21-29(27)47-5)44-14-10-24(11-15-44)43-18-16-41(3)17-19-43/h8-9,12-13,20-22,24H,7,10-11,14-19H2,1-6H3,(H2,37,38,39,40). The lowest BCUT2D eigenvalue weighted by Crippen LogP contribution is -2.52. The number of hydrogen-bond acceptors (Lipinski definition) is 13. The summed E-state index contributed by atoms with van der Waals surface area (Å²) in [5.41, 5.74) is 4.79. The highest BCUT2D eigenvalue weighted by Crippen LogP contribution is 2.39. The van der Waals surface area contributed by atoms with Crippen LogP contribution in [0.1, 0.15) is 25.3 Å². The quantitative estimate of drug-likeness (QED) is 0.232. The Bertz CT molecular complexity index is 1890. The monoisotopic (exact) mass is 690 g/mol. The van der Waals surface area contributed by atoms with E-state index < -0.39 is 10.0 Å². The van der Waals surface area contributed by atoms with Gasteiger partial charge in [0.15, 0.2) is 11.6 Å². The van der Waals surface area contributed by atoms with Crippen molar-refractivity contribution in [2.24, 2.45) is 0 Å². The number of piperidine rings is 1. The van der Waals surface area contributed by atoms with Gasteiger partial charge in [-0.1, -0.05) is 0 Å². The number of likely N-dealkylation sites (N-methyl/N-ethyl adjacent to an activating group) is 1. The zero-order valence-corrected chi connectivity index (χ0v) is 29.9. The van der Waals surface area contributed by atoms with Crippen LogP contribution in [0.15, 0.2) is 42.9 Å². The number of sulfonamides is 1. The van der Waals surface area contributed by atoms with Gasteiger partial charge in [-0.05, 0) is 57.5 Å². The van der Waals surface area contributed by atoms with Crippen molar-refractivity contribution in [2.45, 2.75) is 32.7 Å². The van der Waals surface area contributed by atoms with Crippen molar-refractivity contribution in [1.82, 2.24) is 29.7 Å². The summed E-state index contributed by atoms with van der Waals surface area (Å²) in [7, 11) is 1.71. The first-order valence-electron chi connectivity index (χ1n) is 16.6. The fraction of sp³-hybridized carbons (Fsp3) is 0.471. The Morgan fingerprint density at radius 3 is 2.39 bits per heavy atom. The van der Waals surface area contributed by atoms with Gasteiger partial charge in [-0.3, -0.25) is 19.2 Å². The summed E-state index contributed by atoms with van der Waals surface area (Å²) in [5, 5.41) is 6.62. The molecule has 0 bridgehead atoms. The van der Waals surface area contributed by atoms with E-state index in [0.717, 1.165) is 75.3 Å². The topological polar surface area (TPSA) is 141 Å². The molecule has 2 N–H and O–H groups in total. The summed E-state index contributed by atoms with van der Waals surface area (Å²) < 4.78 is 38.3. The minimum absolute atomic E-state index is 0.308. The molecule has 2 aliphatic rings. The minimum atomic E-state index is -3.64. The zero-order valence-electron chi connectivity index (χ0n) is 29.1. The van der Waals surface area contributed by atoms with Crippen LogP contribution in [0.25, 0.3) is 11.0 Å². The van der Waals surface area contributed by atoms with E-state index in [2.05, 4.69) is 66.4 Å². The van der Waals surface area contributed by atoms with Gasteiger partial charge < -0.3 is 29.9 Å². The van der Waals surface area contributed by atoms with Crippen LogP contribution < -0.4 is 29.3 Å². The lowest BCUT2D eigenvalue weighted by atomic mass is 10.0. The number of aromatic nitrogens is 4. The van der Waals surface area contributed by atoms with Crippen LogP contribution in [0.3, 0.4) is 0 Å². The highest BCUT2D eigenvalue weighted by atomic mass is 32.2. The number of benzene rings is 2. The summed E-state index contributed by atoms with van der Waals surface area (Å²) in [4.78, 5) is 25.6. The first kappa shape index (κ1) is 34.4. The number of methoxy groups -OCH3 is 1. The summed E-state index contributed by atoms with van der Waals surface area (Å²) in [6, 6.07) is 8.31. The molecule has 2 aromatic heterocycles. The maximum absolute atomic E-state index is 12.7. The van der Waals surface area contributed by atoms with Crippen molar-refractivity contribution in [3.8, 4) is 11.5 Å². The molecule has 0 amide bonds. The normalized spacial score (nSPS) is 16.5. The Hall–Kier alpha value is -4.47. The summed E-state index contributed by atoms with van der Waals surface area (Å²) in [5.74, 6) is 1.74. The van der Waals surface area contributed by atoms with Crippen LogP contribution in [-0.2, 0) is 10.0 Å². The Balaban J connectivity index is 1.25. The van der Waals surface area contributed by atoms with Gasteiger partial charge in [0.1, 0.15) is 17.0 Å². The van der Waals surface area contributed by atoms with Crippen LogP contribution >= 0.6 is 0 Å². The smallest absolute Gasteiger partial charge is 0.232 e. The molecule has 6 rings (SSSR count). The molecule has 0 atom stereocenters. The molecule has 2 fully saturated rings. The van der Waals surface area contributed by atoms with Crippen molar-refractivity contribution >= 4 is 55.6 Å². The number of hydrogen-bond donors (Lipinski definition) is 2. The fourth-order valence-electron chi connectivity index (χ4n) is 6.58. The lowest BCUT2D eigenvalue weighted by Gasteiger charge is -2.43. The van der Waals surface area contributed by atoms with Gasteiger partial charge in [0.2, 0.25) is 16.0 Å². The van der Waals surface area contributed by atoms with Crippen molar-refractivity contribution in [3.05, 3.63) is 48.4 Å². The molecule has 2 aliphatic heterocycles. The number of nitrogens with zero attached hydrogens (tertiary/aromatic N) is 8. The number of piperazine rings is 1. The summed E-state index contributed by atoms with van der Waals surface area (Å²) in [6.45, 7) is 10.9. The van der Waals surface area contributed by atoms with Crippen LogP contribution in [0.4, 0.5) is 34.5 Å². The van der Waals surface area contributed by atoms with Gasteiger partial charge in [-0.2, -0.15) is 4.98 Å². The first-order chi connectivity index (χ1) is 23.5. The number of aryl methyl sites for hydroxylation is 1. The number of anilines is 6. The average molecular weight is 691 g/mol. The van der Waals surface area contributed by atoms with E-state index in [1.165, 1.54) is 17.5 Å². The van der Waals surface area contributed by atoms with E-state index in [1.807, 2.05) is 6.92 Å².